The zero-order chi connectivity index (χ0) is 13.5. The number of fused-ring (bicyclic) bond motifs is 2. The van der Waals surface area contributed by atoms with Crippen molar-refractivity contribution in [1.29, 1.82) is 0 Å². The van der Waals surface area contributed by atoms with Crippen LogP contribution in [-0.2, 0) is 14.2 Å². The van der Waals surface area contributed by atoms with Gasteiger partial charge in [0.2, 0.25) is 0 Å². The Hall–Kier alpha value is 0.130. The Morgan fingerprint density at radius 3 is 2.16 bits per heavy atom. The van der Waals surface area contributed by atoms with Gasteiger partial charge in [0.25, 0.3) is 0 Å². The molecule has 0 aromatic carbocycles. The highest BCUT2D eigenvalue weighted by atomic mass is 35.5. The first-order chi connectivity index (χ1) is 9.31. The van der Waals surface area contributed by atoms with Crippen LogP contribution < -0.4 is 0 Å². The fraction of sp³-hybridized carbons (Fsp3) is 1.00. The van der Waals surface area contributed by atoms with E-state index >= 15 is 0 Å². The lowest BCUT2D eigenvalue weighted by Crippen LogP contribution is -2.44. The van der Waals surface area contributed by atoms with Crippen LogP contribution in [0.2, 0.25) is 0 Å². The Balaban J connectivity index is 1.50. The van der Waals surface area contributed by atoms with Crippen molar-refractivity contribution in [1.82, 2.24) is 4.90 Å². The number of nitrogens with zero attached hydrogens (tertiary/aromatic N) is 1. The average molecular weight is 292 g/mol. The van der Waals surface area contributed by atoms with Gasteiger partial charge < -0.3 is 14.2 Å². The number of alkyl halides is 1. The van der Waals surface area contributed by atoms with Crippen molar-refractivity contribution < 1.29 is 14.2 Å². The van der Waals surface area contributed by atoms with Crippen molar-refractivity contribution >= 4 is 11.6 Å². The van der Waals surface area contributed by atoms with Gasteiger partial charge in [-0.3, -0.25) is 4.90 Å². The smallest absolute Gasteiger partial charge is 0.0701 e. The molecule has 0 amide bonds. The summed E-state index contributed by atoms with van der Waals surface area (Å²) in [5.74, 6) is 0. The Morgan fingerprint density at radius 2 is 1.53 bits per heavy atom. The van der Waals surface area contributed by atoms with Crippen molar-refractivity contribution in [2.45, 2.75) is 43.1 Å². The third kappa shape index (κ3) is 4.87. The predicted molar refractivity (Wildman–Crippen MR) is 75.9 cm³/mol. The van der Waals surface area contributed by atoms with Crippen LogP contribution in [0.15, 0.2) is 0 Å². The van der Waals surface area contributed by atoms with E-state index in [9.17, 15) is 0 Å². The molecule has 2 fully saturated rings. The van der Waals surface area contributed by atoms with Crippen LogP contribution in [0, 0.1) is 0 Å². The van der Waals surface area contributed by atoms with Crippen LogP contribution in [0.5, 0.6) is 0 Å². The molecule has 0 aromatic heterocycles. The Kier molecular flexibility index (Phi) is 6.88. The van der Waals surface area contributed by atoms with Gasteiger partial charge in [0.05, 0.1) is 33.0 Å². The van der Waals surface area contributed by atoms with E-state index < -0.39 is 0 Å². The van der Waals surface area contributed by atoms with Gasteiger partial charge in [-0.2, -0.15) is 0 Å². The van der Waals surface area contributed by atoms with Gasteiger partial charge in [-0.05, 0) is 25.7 Å². The van der Waals surface area contributed by atoms with Crippen molar-refractivity contribution in [3.05, 3.63) is 0 Å². The summed E-state index contributed by atoms with van der Waals surface area (Å²) in [4.78, 5) is 2.60. The van der Waals surface area contributed by atoms with E-state index in [0.29, 0.717) is 43.9 Å². The van der Waals surface area contributed by atoms with Crippen molar-refractivity contribution in [2.24, 2.45) is 0 Å². The summed E-state index contributed by atoms with van der Waals surface area (Å²) in [6.45, 7) is 4.46. The van der Waals surface area contributed by atoms with Crippen LogP contribution in [0.3, 0.4) is 0 Å². The summed E-state index contributed by atoms with van der Waals surface area (Å²) in [6, 6.07) is 1.39. The largest absolute Gasteiger partial charge is 0.382 e. The summed E-state index contributed by atoms with van der Waals surface area (Å²) in [5.41, 5.74) is 0. The average Bonchev–Trinajstić information content (AvgIpc) is 2.64. The molecule has 2 unspecified atom stereocenters. The van der Waals surface area contributed by atoms with Crippen molar-refractivity contribution in [2.75, 3.05) is 46.7 Å². The highest BCUT2D eigenvalue weighted by Crippen LogP contribution is 2.37. The van der Waals surface area contributed by atoms with E-state index in [2.05, 4.69) is 4.90 Å². The molecule has 5 heteroatoms. The maximum Gasteiger partial charge on any atom is 0.0701 e. The Morgan fingerprint density at radius 1 is 0.947 bits per heavy atom. The van der Waals surface area contributed by atoms with Gasteiger partial charge in [0.1, 0.15) is 0 Å². The van der Waals surface area contributed by atoms with Gasteiger partial charge in [0, 0.05) is 31.1 Å². The first-order valence-corrected chi connectivity index (χ1v) is 7.79. The summed E-state index contributed by atoms with van der Waals surface area (Å²) in [7, 11) is 1.68. The lowest BCUT2D eigenvalue weighted by molar-refractivity contribution is 0.0129. The zero-order valence-electron chi connectivity index (χ0n) is 11.9. The van der Waals surface area contributed by atoms with Crippen LogP contribution in [-0.4, -0.2) is 69.0 Å². The lowest BCUT2D eigenvalue weighted by atomic mass is 10.0. The number of hydrogen-bond acceptors (Lipinski definition) is 4. The van der Waals surface area contributed by atoms with Crippen molar-refractivity contribution in [3.8, 4) is 0 Å². The lowest BCUT2D eigenvalue weighted by Gasteiger charge is -2.36. The molecule has 2 heterocycles. The molecule has 0 N–H and O–H groups in total. The predicted octanol–water partition coefficient (Wildman–Crippen LogP) is 1.90. The second-order valence-corrected chi connectivity index (χ2v) is 6.03. The minimum absolute atomic E-state index is 0.392. The molecule has 2 bridgehead atoms. The van der Waals surface area contributed by atoms with Gasteiger partial charge >= 0.3 is 0 Å². The maximum atomic E-state index is 6.27. The number of methoxy groups -OCH3 is 1. The summed E-state index contributed by atoms with van der Waals surface area (Å²) >= 11 is 6.27. The van der Waals surface area contributed by atoms with E-state index in [-0.39, 0.29) is 0 Å². The molecule has 112 valence electrons. The third-order valence-corrected chi connectivity index (χ3v) is 4.48. The van der Waals surface area contributed by atoms with E-state index in [1.165, 1.54) is 12.8 Å². The van der Waals surface area contributed by atoms with Gasteiger partial charge in [0.15, 0.2) is 0 Å². The number of rotatable bonds is 9. The second-order valence-electron chi connectivity index (χ2n) is 5.41. The fourth-order valence-electron chi connectivity index (χ4n) is 3.21. The highest BCUT2D eigenvalue weighted by molar-refractivity contribution is 6.20. The molecule has 2 aliphatic rings. The minimum atomic E-state index is 0.392. The van der Waals surface area contributed by atoms with Gasteiger partial charge in [-0.25, -0.2) is 0 Å². The van der Waals surface area contributed by atoms with Crippen LogP contribution >= 0.6 is 11.6 Å². The first kappa shape index (κ1) is 15.5. The monoisotopic (exact) mass is 291 g/mol. The summed E-state index contributed by atoms with van der Waals surface area (Å²) in [5, 5.41) is 0.392. The fourth-order valence-corrected chi connectivity index (χ4v) is 3.62. The Bertz CT molecular complexity index is 241. The van der Waals surface area contributed by atoms with Crippen LogP contribution in [0.4, 0.5) is 0 Å². The topological polar surface area (TPSA) is 30.9 Å². The summed E-state index contributed by atoms with van der Waals surface area (Å²) < 4.78 is 15.9. The molecular formula is C14H26ClNO3. The molecule has 2 aliphatic heterocycles. The van der Waals surface area contributed by atoms with E-state index in [1.54, 1.807) is 7.11 Å². The normalized spacial score (nSPS) is 30.9. The number of hydrogen-bond donors (Lipinski definition) is 0. The SMILES string of the molecule is COCCOCCOCCN1C2CCC1CC(Cl)C2. The minimum Gasteiger partial charge on any atom is -0.382 e. The van der Waals surface area contributed by atoms with Gasteiger partial charge in [-0.1, -0.05) is 0 Å². The molecule has 0 aromatic rings. The van der Waals surface area contributed by atoms with E-state index in [0.717, 1.165) is 26.0 Å². The summed E-state index contributed by atoms with van der Waals surface area (Å²) in [6.07, 6.45) is 4.93. The molecule has 4 nitrogen and oxygen atoms in total. The molecular weight excluding hydrogens is 266 g/mol. The number of piperidine rings is 1. The first-order valence-electron chi connectivity index (χ1n) is 7.35. The standard InChI is InChI=1S/C14H26ClNO3/c1-17-6-7-19-9-8-18-5-4-16-13-2-3-14(16)11-12(15)10-13/h12-14H,2-11H2,1H3. The second kappa shape index (κ2) is 8.42. The Labute approximate surface area is 121 Å². The molecule has 19 heavy (non-hydrogen) atoms. The molecule has 2 atom stereocenters. The van der Waals surface area contributed by atoms with Crippen LogP contribution in [0.1, 0.15) is 25.7 Å². The number of ether oxygens (including phenoxy) is 3. The quantitative estimate of drug-likeness (QED) is 0.480. The molecule has 0 saturated carbocycles. The maximum absolute atomic E-state index is 6.27. The zero-order valence-corrected chi connectivity index (χ0v) is 12.6. The third-order valence-electron chi connectivity index (χ3n) is 4.12. The number of halogens is 1. The van der Waals surface area contributed by atoms with E-state index in [1.807, 2.05) is 0 Å². The van der Waals surface area contributed by atoms with E-state index in [4.69, 9.17) is 25.8 Å². The van der Waals surface area contributed by atoms with Crippen LogP contribution in [0.25, 0.3) is 0 Å². The van der Waals surface area contributed by atoms with Gasteiger partial charge in [-0.15, -0.1) is 11.6 Å². The molecule has 0 spiro atoms. The van der Waals surface area contributed by atoms with Crippen molar-refractivity contribution in [3.63, 3.8) is 0 Å². The highest BCUT2D eigenvalue weighted by Gasteiger charge is 2.39. The molecule has 0 aliphatic carbocycles. The molecule has 2 saturated heterocycles. The molecule has 0 radical (unpaired) electrons. The molecule has 2 rings (SSSR count).